The summed E-state index contributed by atoms with van der Waals surface area (Å²) in [6.45, 7) is 0.909. The molecule has 0 saturated carbocycles. The average Bonchev–Trinajstić information content (AvgIpc) is 2.91. The quantitative estimate of drug-likeness (QED) is 0.835. The van der Waals surface area contributed by atoms with Gasteiger partial charge in [0.1, 0.15) is 11.7 Å². The third-order valence-corrected chi connectivity index (χ3v) is 3.83. The molecule has 0 radical (unpaired) electrons. The van der Waals surface area contributed by atoms with Gasteiger partial charge < -0.3 is 14.9 Å². The standard InChI is InChI=1S/C15H14O5/c1-15(19,7-16)11-6-10-12(17)8-4-2-3-5-9(8)13(18)14(10)20-11/h2-5,11,16,19H,6-7H2,1H3/t11-,15+/m0/s1. The minimum Gasteiger partial charge on any atom is -0.482 e. The van der Waals surface area contributed by atoms with Crippen LogP contribution >= 0.6 is 0 Å². The number of carbonyl (C=O) groups is 2. The van der Waals surface area contributed by atoms with Gasteiger partial charge in [-0.3, -0.25) is 9.59 Å². The van der Waals surface area contributed by atoms with Crippen molar-refractivity contribution in [3.05, 3.63) is 46.7 Å². The van der Waals surface area contributed by atoms with Crippen LogP contribution in [-0.2, 0) is 4.74 Å². The fourth-order valence-corrected chi connectivity index (χ4v) is 2.53. The van der Waals surface area contributed by atoms with E-state index in [4.69, 9.17) is 4.74 Å². The molecule has 2 N–H and O–H groups in total. The highest BCUT2D eigenvalue weighted by Gasteiger charge is 2.46. The molecule has 0 fully saturated rings. The van der Waals surface area contributed by atoms with Crippen molar-refractivity contribution in [3.8, 4) is 0 Å². The maximum Gasteiger partial charge on any atom is 0.228 e. The highest BCUT2D eigenvalue weighted by molar-refractivity contribution is 6.26. The Balaban J connectivity index is 2.00. The van der Waals surface area contributed by atoms with E-state index in [1.807, 2.05) is 0 Å². The Bertz CT molecular complexity index is 594. The average molecular weight is 274 g/mol. The minimum absolute atomic E-state index is 0.00688. The molecule has 0 aromatic heterocycles. The predicted molar refractivity (Wildman–Crippen MR) is 69.3 cm³/mol. The number of ether oxygens (including phenoxy) is 1. The van der Waals surface area contributed by atoms with Crippen molar-refractivity contribution in [1.82, 2.24) is 0 Å². The van der Waals surface area contributed by atoms with Gasteiger partial charge in [-0.1, -0.05) is 24.3 Å². The lowest BCUT2D eigenvalue weighted by molar-refractivity contribution is -0.0916. The number of ketones is 2. The van der Waals surface area contributed by atoms with E-state index in [9.17, 15) is 19.8 Å². The van der Waals surface area contributed by atoms with Gasteiger partial charge in [-0.15, -0.1) is 0 Å². The number of aliphatic hydroxyl groups excluding tert-OH is 1. The lowest BCUT2D eigenvalue weighted by Gasteiger charge is -2.27. The molecule has 1 heterocycles. The summed E-state index contributed by atoms with van der Waals surface area (Å²) in [5.41, 5.74) is -0.526. The normalized spacial score (nSPS) is 24.1. The van der Waals surface area contributed by atoms with Crippen molar-refractivity contribution in [2.24, 2.45) is 0 Å². The number of rotatable bonds is 2. The summed E-state index contributed by atoms with van der Waals surface area (Å²) in [5.74, 6) is -0.578. The number of carbonyl (C=O) groups excluding carboxylic acids is 2. The van der Waals surface area contributed by atoms with Crippen molar-refractivity contribution in [3.63, 3.8) is 0 Å². The number of benzene rings is 1. The number of Topliss-reactive ketones (excluding diaryl/α,β-unsaturated/α-hetero) is 2. The molecule has 0 amide bonds. The van der Waals surface area contributed by atoms with E-state index in [1.54, 1.807) is 24.3 Å². The molecule has 1 aliphatic carbocycles. The lowest BCUT2D eigenvalue weighted by atomic mass is 9.86. The summed E-state index contributed by atoms with van der Waals surface area (Å²) < 4.78 is 5.46. The van der Waals surface area contributed by atoms with Crippen molar-refractivity contribution in [1.29, 1.82) is 0 Å². The summed E-state index contributed by atoms with van der Waals surface area (Å²) >= 11 is 0. The zero-order valence-corrected chi connectivity index (χ0v) is 10.9. The van der Waals surface area contributed by atoms with E-state index in [0.29, 0.717) is 11.1 Å². The van der Waals surface area contributed by atoms with Gasteiger partial charge in [-0.05, 0) is 6.92 Å². The number of hydrogen-bond acceptors (Lipinski definition) is 5. The summed E-state index contributed by atoms with van der Waals surface area (Å²) in [7, 11) is 0. The second-order valence-corrected chi connectivity index (χ2v) is 5.34. The number of aliphatic hydroxyl groups is 2. The van der Waals surface area contributed by atoms with E-state index in [-0.39, 0.29) is 29.3 Å². The monoisotopic (exact) mass is 274 g/mol. The largest absolute Gasteiger partial charge is 0.482 e. The van der Waals surface area contributed by atoms with E-state index in [0.717, 1.165) is 0 Å². The Morgan fingerprint density at radius 2 is 1.85 bits per heavy atom. The van der Waals surface area contributed by atoms with Crippen LogP contribution in [0, 0.1) is 0 Å². The third-order valence-electron chi connectivity index (χ3n) is 3.83. The molecule has 0 saturated heterocycles. The van der Waals surface area contributed by atoms with Gasteiger partial charge in [0, 0.05) is 17.5 Å². The summed E-state index contributed by atoms with van der Waals surface area (Å²) in [4.78, 5) is 24.7. The van der Waals surface area contributed by atoms with Crippen molar-refractivity contribution in [2.45, 2.75) is 25.0 Å². The van der Waals surface area contributed by atoms with E-state index in [2.05, 4.69) is 0 Å². The molecule has 1 aromatic rings. The van der Waals surface area contributed by atoms with Crippen LogP contribution in [-0.4, -0.2) is 40.1 Å². The van der Waals surface area contributed by atoms with E-state index >= 15 is 0 Å². The van der Waals surface area contributed by atoms with Crippen LogP contribution in [0.3, 0.4) is 0 Å². The SMILES string of the molecule is C[C@@](O)(CO)[C@@H]1CC2=C(O1)C(=O)c1ccccc1C2=O. The number of fused-ring (bicyclic) bond motifs is 1. The van der Waals surface area contributed by atoms with Gasteiger partial charge >= 0.3 is 0 Å². The number of allylic oxidation sites excluding steroid dienone is 1. The van der Waals surface area contributed by atoms with Gasteiger partial charge in [0.2, 0.25) is 5.78 Å². The smallest absolute Gasteiger partial charge is 0.228 e. The van der Waals surface area contributed by atoms with Crippen LogP contribution < -0.4 is 0 Å². The van der Waals surface area contributed by atoms with Crippen LogP contribution in [0.1, 0.15) is 34.1 Å². The topological polar surface area (TPSA) is 83.8 Å². The van der Waals surface area contributed by atoms with Gasteiger partial charge in [0.05, 0.1) is 12.2 Å². The van der Waals surface area contributed by atoms with E-state index in [1.165, 1.54) is 6.92 Å². The van der Waals surface area contributed by atoms with Crippen molar-refractivity contribution >= 4 is 11.6 Å². The summed E-state index contributed by atoms with van der Waals surface area (Å²) in [6, 6.07) is 6.58. The molecule has 20 heavy (non-hydrogen) atoms. The first-order chi connectivity index (χ1) is 9.45. The summed E-state index contributed by atoms with van der Waals surface area (Å²) in [5, 5.41) is 19.2. The van der Waals surface area contributed by atoms with Gasteiger partial charge in [0.15, 0.2) is 11.5 Å². The van der Waals surface area contributed by atoms with E-state index < -0.39 is 18.3 Å². The molecule has 2 aliphatic rings. The highest BCUT2D eigenvalue weighted by atomic mass is 16.5. The fraction of sp³-hybridized carbons (Fsp3) is 0.333. The molecule has 1 aliphatic heterocycles. The molecule has 3 rings (SSSR count). The Morgan fingerprint density at radius 3 is 2.45 bits per heavy atom. The van der Waals surface area contributed by atoms with Crippen LogP contribution in [0.5, 0.6) is 0 Å². The Hall–Kier alpha value is -1.98. The molecular weight excluding hydrogens is 260 g/mol. The molecule has 1 aromatic carbocycles. The Kier molecular flexibility index (Phi) is 2.77. The molecule has 0 bridgehead atoms. The molecule has 0 spiro atoms. The van der Waals surface area contributed by atoms with Crippen LogP contribution in [0.25, 0.3) is 0 Å². The fourth-order valence-electron chi connectivity index (χ4n) is 2.53. The minimum atomic E-state index is -1.50. The Morgan fingerprint density at radius 1 is 1.25 bits per heavy atom. The molecule has 2 atom stereocenters. The van der Waals surface area contributed by atoms with Gasteiger partial charge in [-0.2, -0.15) is 0 Å². The zero-order chi connectivity index (χ0) is 14.5. The predicted octanol–water partition coefficient (Wildman–Crippen LogP) is 0.852. The molecule has 5 nitrogen and oxygen atoms in total. The van der Waals surface area contributed by atoms with Crippen LogP contribution in [0.15, 0.2) is 35.6 Å². The molecule has 104 valence electrons. The van der Waals surface area contributed by atoms with Crippen molar-refractivity contribution in [2.75, 3.05) is 6.61 Å². The second kappa shape index (κ2) is 4.26. The number of hydrogen-bond donors (Lipinski definition) is 2. The van der Waals surface area contributed by atoms with Gasteiger partial charge in [-0.25, -0.2) is 0 Å². The van der Waals surface area contributed by atoms with Crippen LogP contribution in [0.4, 0.5) is 0 Å². The molecule has 5 heteroatoms. The Labute approximate surface area is 115 Å². The maximum absolute atomic E-state index is 12.4. The van der Waals surface area contributed by atoms with Gasteiger partial charge in [0.25, 0.3) is 0 Å². The maximum atomic E-state index is 12.4. The second-order valence-electron chi connectivity index (χ2n) is 5.34. The molecule has 0 unspecified atom stereocenters. The third kappa shape index (κ3) is 1.71. The first-order valence-corrected chi connectivity index (χ1v) is 6.37. The van der Waals surface area contributed by atoms with Crippen LogP contribution in [0.2, 0.25) is 0 Å². The lowest BCUT2D eigenvalue weighted by Crippen LogP contribution is -2.42. The first-order valence-electron chi connectivity index (χ1n) is 6.37. The highest BCUT2D eigenvalue weighted by Crippen LogP contribution is 2.38. The molecular formula is C15H14O5. The zero-order valence-electron chi connectivity index (χ0n) is 10.9. The summed E-state index contributed by atoms with van der Waals surface area (Å²) in [6.07, 6.45) is -0.665. The first kappa shape index (κ1) is 13.0. The van der Waals surface area contributed by atoms with Crippen molar-refractivity contribution < 1.29 is 24.5 Å².